The smallest absolute Gasteiger partial charge is 0.241 e. The molecule has 2 heterocycles. The summed E-state index contributed by atoms with van der Waals surface area (Å²) in [6, 6.07) is 3.52. The van der Waals surface area contributed by atoms with Gasteiger partial charge >= 0.3 is 0 Å². The van der Waals surface area contributed by atoms with Crippen LogP contribution >= 0.6 is 0 Å². The van der Waals surface area contributed by atoms with Crippen LogP contribution in [0.4, 0.5) is 0 Å². The molecule has 0 radical (unpaired) electrons. The highest BCUT2D eigenvalue weighted by molar-refractivity contribution is 5.77. The Morgan fingerprint density at radius 2 is 2.16 bits per heavy atom. The minimum absolute atomic E-state index is 0.0215. The SMILES string of the molecule is CN(CC(=O)N(C)C)Cc1nc(-c2ccco2)no1. The van der Waals surface area contributed by atoms with E-state index < -0.39 is 0 Å². The molecule has 2 aromatic heterocycles. The van der Waals surface area contributed by atoms with Gasteiger partial charge in [-0.15, -0.1) is 0 Å². The molecule has 0 aliphatic carbocycles. The van der Waals surface area contributed by atoms with Crippen molar-refractivity contribution < 1.29 is 13.7 Å². The lowest BCUT2D eigenvalue weighted by Crippen LogP contribution is -2.34. The molecule has 102 valence electrons. The van der Waals surface area contributed by atoms with Crippen LogP contribution in [-0.4, -0.2) is 53.5 Å². The van der Waals surface area contributed by atoms with Crippen molar-refractivity contribution in [2.75, 3.05) is 27.7 Å². The first-order valence-corrected chi connectivity index (χ1v) is 5.81. The number of aromatic nitrogens is 2. The monoisotopic (exact) mass is 264 g/mol. The van der Waals surface area contributed by atoms with Gasteiger partial charge in [-0.3, -0.25) is 9.69 Å². The maximum atomic E-state index is 11.5. The first kappa shape index (κ1) is 13.3. The number of furan rings is 1. The zero-order valence-electron chi connectivity index (χ0n) is 11.2. The zero-order valence-corrected chi connectivity index (χ0v) is 11.2. The van der Waals surface area contributed by atoms with Gasteiger partial charge in [0.15, 0.2) is 5.76 Å². The summed E-state index contributed by atoms with van der Waals surface area (Å²) >= 11 is 0. The highest BCUT2D eigenvalue weighted by Crippen LogP contribution is 2.16. The number of hydrogen-bond acceptors (Lipinski definition) is 6. The molecule has 0 fully saturated rings. The first-order chi connectivity index (χ1) is 9.06. The standard InChI is InChI=1S/C12H16N4O3/c1-15(2)11(17)8-16(3)7-10-13-12(14-19-10)9-5-4-6-18-9/h4-6H,7-8H2,1-3H3. The molecule has 1 amide bonds. The first-order valence-electron chi connectivity index (χ1n) is 5.81. The van der Waals surface area contributed by atoms with Crippen molar-refractivity contribution in [1.29, 1.82) is 0 Å². The van der Waals surface area contributed by atoms with Crippen LogP contribution in [0.3, 0.4) is 0 Å². The van der Waals surface area contributed by atoms with E-state index in [1.54, 1.807) is 37.4 Å². The number of amides is 1. The fourth-order valence-electron chi connectivity index (χ4n) is 1.48. The fraction of sp³-hybridized carbons (Fsp3) is 0.417. The van der Waals surface area contributed by atoms with Gasteiger partial charge in [-0.25, -0.2) is 0 Å². The van der Waals surface area contributed by atoms with E-state index in [-0.39, 0.29) is 5.91 Å². The highest BCUT2D eigenvalue weighted by Gasteiger charge is 2.14. The second-order valence-electron chi connectivity index (χ2n) is 4.45. The van der Waals surface area contributed by atoms with Crippen molar-refractivity contribution >= 4 is 5.91 Å². The summed E-state index contributed by atoms with van der Waals surface area (Å²) in [5.74, 6) is 1.43. The van der Waals surface area contributed by atoms with Gasteiger partial charge in [-0.1, -0.05) is 5.16 Å². The summed E-state index contributed by atoms with van der Waals surface area (Å²) in [6.45, 7) is 0.707. The van der Waals surface area contributed by atoms with Crippen LogP contribution in [0.15, 0.2) is 27.3 Å². The number of hydrogen-bond donors (Lipinski definition) is 0. The minimum Gasteiger partial charge on any atom is -0.461 e. The molecule has 19 heavy (non-hydrogen) atoms. The number of carbonyl (C=O) groups is 1. The summed E-state index contributed by atoms with van der Waals surface area (Å²) in [6.07, 6.45) is 1.55. The third-order valence-electron chi connectivity index (χ3n) is 2.52. The van der Waals surface area contributed by atoms with Gasteiger partial charge < -0.3 is 13.8 Å². The van der Waals surface area contributed by atoms with Crippen LogP contribution in [0, 0.1) is 0 Å². The molecule has 0 bridgehead atoms. The van der Waals surface area contributed by atoms with E-state index in [4.69, 9.17) is 8.94 Å². The van der Waals surface area contributed by atoms with Gasteiger partial charge in [0.25, 0.3) is 0 Å². The fourth-order valence-corrected chi connectivity index (χ4v) is 1.48. The highest BCUT2D eigenvalue weighted by atomic mass is 16.5. The summed E-state index contributed by atoms with van der Waals surface area (Å²) in [7, 11) is 5.26. The molecule has 0 saturated carbocycles. The maximum absolute atomic E-state index is 11.5. The number of rotatable bonds is 5. The average molecular weight is 264 g/mol. The average Bonchev–Trinajstić information content (AvgIpc) is 2.97. The van der Waals surface area contributed by atoms with E-state index in [0.29, 0.717) is 30.6 Å². The van der Waals surface area contributed by atoms with Gasteiger partial charge in [0, 0.05) is 14.1 Å². The van der Waals surface area contributed by atoms with E-state index in [9.17, 15) is 4.79 Å². The molecule has 0 saturated heterocycles. The van der Waals surface area contributed by atoms with E-state index in [0.717, 1.165) is 0 Å². The zero-order chi connectivity index (χ0) is 13.8. The molecule has 2 aromatic rings. The predicted molar refractivity (Wildman–Crippen MR) is 67.0 cm³/mol. The van der Waals surface area contributed by atoms with Gasteiger partial charge in [0.1, 0.15) is 0 Å². The van der Waals surface area contributed by atoms with E-state index in [1.165, 1.54) is 0 Å². The van der Waals surface area contributed by atoms with Crippen molar-refractivity contribution in [2.24, 2.45) is 0 Å². The summed E-state index contributed by atoms with van der Waals surface area (Å²) in [5, 5.41) is 3.82. The van der Waals surface area contributed by atoms with Crippen LogP contribution in [0.25, 0.3) is 11.6 Å². The molecule has 0 spiro atoms. The van der Waals surface area contributed by atoms with Gasteiger partial charge in [-0.05, 0) is 19.2 Å². The Balaban J connectivity index is 1.95. The Morgan fingerprint density at radius 3 is 2.79 bits per heavy atom. The van der Waals surface area contributed by atoms with Crippen LogP contribution in [-0.2, 0) is 11.3 Å². The lowest BCUT2D eigenvalue weighted by atomic mass is 10.4. The van der Waals surface area contributed by atoms with E-state index in [2.05, 4.69) is 10.1 Å². The van der Waals surface area contributed by atoms with Crippen molar-refractivity contribution in [1.82, 2.24) is 19.9 Å². The normalized spacial score (nSPS) is 10.9. The molecule has 0 N–H and O–H groups in total. The Labute approximate surface area is 110 Å². The Bertz CT molecular complexity index is 533. The number of carbonyl (C=O) groups excluding carboxylic acids is 1. The Morgan fingerprint density at radius 1 is 1.37 bits per heavy atom. The van der Waals surface area contributed by atoms with Crippen molar-refractivity contribution in [3.8, 4) is 11.6 Å². The lowest BCUT2D eigenvalue weighted by Gasteiger charge is -2.16. The quantitative estimate of drug-likeness (QED) is 0.797. The molecule has 0 aliphatic rings. The molecule has 0 aromatic carbocycles. The van der Waals surface area contributed by atoms with Crippen molar-refractivity contribution in [2.45, 2.75) is 6.54 Å². The van der Waals surface area contributed by atoms with Crippen LogP contribution in [0.2, 0.25) is 0 Å². The topological polar surface area (TPSA) is 75.6 Å². The maximum Gasteiger partial charge on any atom is 0.241 e. The molecule has 7 heteroatoms. The minimum atomic E-state index is 0.0215. The van der Waals surface area contributed by atoms with Crippen LogP contribution < -0.4 is 0 Å². The molecule has 7 nitrogen and oxygen atoms in total. The number of nitrogens with zero attached hydrogens (tertiary/aromatic N) is 4. The van der Waals surface area contributed by atoms with Crippen molar-refractivity contribution in [3.63, 3.8) is 0 Å². The third-order valence-corrected chi connectivity index (χ3v) is 2.52. The molecule has 0 unspecified atom stereocenters. The van der Waals surface area contributed by atoms with Gasteiger partial charge in [0.2, 0.25) is 17.6 Å². The molecular formula is C12H16N4O3. The second-order valence-corrected chi connectivity index (χ2v) is 4.45. The molecule has 2 rings (SSSR count). The third kappa shape index (κ3) is 3.41. The summed E-state index contributed by atoms with van der Waals surface area (Å²) in [4.78, 5) is 19.1. The van der Waals surface area contributed by atoms with Crippen LogP contribution in [0.5, 0.6) is 0 Å². The van der Waals surface area contributed by atoms with Crippen molar-refractivity contribution in [3.05, 3.63) is 24.3 Å². The largest absolute Gasteiger partial charge is 0.461 e. The predicted octanol–water partition coefficient (Wildman–Crippen LogP) is 0.850. The van der Waals surface area contributed by atoms with Crippen LogP contribution in [0.1, 0.15) is 5.89 Å². The van der Waals surface area contributed by atoms with Gasteiger partial charge in [0.05, 0.1) is 19.4 Å². The molecule has 0 atom stereocenters. The summed E-state index contributed by atoms with van der Waals surface area (Å²) < 4.78 is 10.3. The lowest BCUT2D eigenvalue weighted by molar-refractivity contribution is -0.129. The number of likely N-dealkylation sites (N-methyl/N-ethyl adjacent to an activating group) is 2. The molecule has 0 aliphatic heterocycles. The second kappa shape index (κ2) is 5.66. The van der Waals surface area contributed by atoms with E-state index in [1.807, 2.05) is 11.9 Å². The Hall–Kier alpha value is -2.15. The Kier molecular flexibility index (Phi) is 3.96. The summed E-state index contributed by atoms with van der Waals surface area (Å²) in [5.41, 5.74) is 0. The van der Waals surface area contributed by atoms with E-state index >= 15 is 0 Å². The van der Waals surface area contributed by atoms with Gasteiger partial charge in [-0.2, -0.15) is 4.98 Å². The molecular weight excluding hydrogens is 248 g/mol.